The van der Waals surface area contributed by atoms with E-state index in [0.29, 0.717) is 17.9 Å². The summed E-state index contributed by atoms with van der Waals surface area (Å²) in [7, 11) is 0. The third-order valence-corrected chi connectivity index (χ3v) is 5.28. The lowest BCUT2D eigenvalue weighted by molar-refractivity contribution is -0.152. The highest BCUT2D eigenvalue weighted by Gasteiger charge is 2.51. The van der Waals surface area contributed by atoms with Gasteiger partial charge in [0.05, 0.1) is 0 Å². The van der Waals surface area contributed by atoms with Crippen molar-refractivity contribution in [3.05, 3.63) is 0 Å². The minimum atomic E-state index is -0.680. The van der Waals surface area contributed by atoms with Crippen molar-refractivity contribution in [2.24, 2.45) is 17.8 Å². The van der Waals surface area contributed by atoms with Crippen molar-refractivity contribution in [2.75, 3.05) is 0 Å². The molecule has 3 unspecified atom stereocenters. The van der Waals surface area contributed by atoms with Crippen LogP contribution in [0.2, 0.25) is 0 Å². The van der Waals surface area contributed by atoms with E-state index in [0.717, 1.165) is 25.7 Å². The standard InChI is InChI=1S/C16H29NO2/c1-11(2)14-9-8-12(3)10-16(14,15(18)19)17-13-6-4-5-7-13/h11-14,17H,4-10H2,1-3H3,(H,18,19). The molecule has 0 amide bonds. The van der Waals surface area contributed by atoms with E-state index in [4.69, 9.17) is 0 Å². The average Bonchev–Trinajstić information content (AvgIpc) is 2.81. The summed E-state index contributed by atoms with van der Waals surface area (Å²) in [5.41, 5.74) is -0.680. The molecule has 0 saturated heterocycles. The predicted octanol–water partition coefficient (Wildman–Crippen LogP) is 3.43. The van der Waals surface area contributed by atoms with E-state index >= 15 is 0 Å². The van der Waals surface area contributed by atoms with Crippen molar-refractivity contribution in [2.45, 2.75) is 77.3 Å². The maximum Gasteiger partial charge on any atom is 0.324 e. The molecule has 3 heteroatoms. The quantitative estimate of drug-likeness (QED) is 0.820. The second-order valence-electron chi connectivity index (χ2n) is 7.14. The van der Waals surface area contributed by atoms with Crippen LogP contribution in [0, 0.1) is 17.8 Å². The van der Waals surface area contributed by atoms with E-state index in [2.05, 4.69) is 26.1 Å². The summed E-state index contributed by atoms with van der Waals surface area (Å²) in [6.45, 7) is 6.55. The molecule has 0 heterocycles. The Labute approximate surface area is 117 Å². The molecule has 0 bridgehead atoms. The average molecular weight is 267 g/mol. The van der Waals surface area contributed by atoms with E-state index in [-0.39, 0.29) is 5.92 Å². The van der Waals surface area contributed by atoms with Crippen LogP contribution < -0.4 is 5.32 Å². The van der Waals surface area contributed by atoms with Crippen molar-refractivity contribution in [1.29, 1.82) is 0 Å². The van der Waals surface area contributed by atoms with Crippen LogP contribution in [0.5, 0.6) is 0 Å². The predicted molar refractivity (Wildman–Crippen MR) is 77.1 cm³/mol. The molecule has 0 spiro atoms. The van der Waals surface area contributed by atoms with Crippen molar-refractivity contribution in [3.63, 3.8) is 0 Å². The summed E-state index contributed by atoms with van der Waals surface area (Å²) in [6.07, 6.45) is 7.80. The Morgan fingerprint density at radius 2 is 1.84 bits per heavy atom. The van der Waals surface area contributed by atoms with E-state index in [9.17, 15) is 9.90 Å². The first kappa shape index (κ1) is 14.8. The van der Waals surface area contributed by atoms with Gasteiger partial charge in [0.15, 0.2) is 0 Å². The largest absolute Gasteiger partial charge is 0.480 e. The molecule has 2 rings (SSSR count). The van der Waals surface area contributed by atoms with Crippen LogP contribution >= 0.6 is 0 Å². The number of carboxylic acids is 1. The van der Waals surface area contributed by atoms with Gasteiger partial charge in [-0.05, 0) is 43.4 Å². The Bertz CT molecular complexity index is 323. The Hall–Kier alpha value is -0.570. The molecule has 2 fully saturated rings. The molecule has 110 valence electrons. The zero-order chi connectivity index (χ0) is 14.0. The lowest BCUT2D eigenvalue weighted by Crippen LogP contribution is -2.63. The minimum Gasteiger partial charge on any atom is -0.480 e. The molecule has 0 aliphatic heterocycles. The van der Waals surface area contributed by atoms with Crippen LogP contribution in [0.1, 0.15) is 65.7 Å². The van der Waals surface area contributed by atoms with Crippen molar-refractivity contribution in [1.82, 2.24) is 5.32 Å². The number of rotatable bonds is 4. The van der Waals surface area contributed by atoms with Gasteiger partial charge in [-0.1, -0.05) is 40.0 Å². The topological polar surface area (TPSA) is 49.3 Å². The Balaban J connectivity index is 2.23. The number of nitrogens with one attached hydrogen (secondary N) is 1. The normalized spacial score (nSPS) is 36.8. The van der Waals surface area contributed by atoms with Crippen LogP contribution in [-0.2, 0) is 4.79 Å². The highest BCUT2D eigenvalue weighted by Crippen LogP contribution is 2.42. The molecule has 2 N–H and O–H groups in total. The molecule has 19 heavy (non-hydrogen) atoms. The van der Waals surface area contributed by atoms with Crippen molar-refractivity contribution in [3.8, 4) is 0 Å². The number of hydrogen-bond donors (Lipinski definition) is 2. The Morgan fingerprint density at radius 1 is 1.21 bits per heavy atom. The number of carboxylic acid groups (broad SMARTS) is 1. The number of carbonyl (C=O) groups is 1. The molecule has 0 radical (unpaired) electrons. The third kappa shape index (κ3) is 2.96. The first-order chi connectivity index (χ1) is 8.95. The summed E-state index contributed by atoms with van der Waals surface area (Å²) >= 11 is 0. The molecule has 3 atom stereocenters. The van der Waals surface area contributed by atoms with Gasteiger partial charge in [-0.25, -0.2) is 0 Å². The zero-order valence-corrected chi connectivity index (χ0v) is 12.6. The fraction of sp³-hybridized carbons (Fsp3) is 0.938. The van der Waals surface area contributed by atoms with Crippen LogP contribution in [0.25, 0.3) is 0 Å². The molecule has 0 aromatic carbocycles. The van der Waals surface area contributed by atoms with Crippen LogP contribution in [0.3, 0.4) is 0 Å². The second kappa shape index (κ2) is 5.82. The van der Waals surface area contributed by atoms with Gasteiger partial charge in [-0.2, -0.15) is 0 Å². The summed E-state index contributed by atoms with van der Waals surface area (Å²) < 4.78 is 0. The first-order valence-electron chi connectivity index (χ1n) is 7.97. The molecule has 0 aromatic heterocycles. The van der Waals surface area contributed by atoms with Gasteiger partial charge in [0.1, 0.15) is 5.54 Å². The summed E-state index contributed by atoms with van der Waals surface area (Å²) in [5, 5.41) is 13.5. The molecule has 2 aliphatic carbocycles. The van der Waals surface area contributed by atoms with E-state index in [1.54, 1.807) is 0 Å². The Morgan fingerprint density at radius 3 is 2.37 bits per heavy atom. The van der Waals surface area contributed by atoms with E-state index in [1.807, 2.05) is 0 Å². The maximum absolute atomic E-state index is 12.1. The lowest BCUT2D eigenvalue weighted by atomic mass is 9.64. The van der Waals surface area contributed by atoms with Gasteiger partial charge in [-0.3, -0.25) is 10.1 Å². The smallest absolute Gasteiger partial charge is 0.324 e. The molecule has 0 aromatic rings. The fourth-order valence-corrected chi connectivity index (χ4v) is 4.32. The highest BCUT2D eigenvalue weighted by atomic mass is 16.4. The molecular weight excluding hydrogens is 238 g/mol. The highest BCUT2D eigenvalue weighted by molar-refractivity contribution is 5.79. The van der Waals surface area contributed by atoms with Gasteiger partial charge in [-0.15, -0.1) is 0 Å². The molecule has 2 saturated carbocycles. The molecule has 2 aliphatic rings. The van der Waals surface area contributed by atoms with Crippen LogP contribution in [0.15, 0.2) is 0 Å². The minimum absolute atomic E-state index is 0.266. The van der Waals surface area contributed by atoms with E-state index < -0.39 is 11.5 Å². The second-order valence-corrected chi connectivity index (χ2v) is 7.14. The zero-order valence-electron chi connectivity index (χ0n) is 12.6. The van der Waals surface area contributed by atoms with Gasteiger partial charge in [0.25, 0.3) is 0 Å². The van der Waals surface area contributed by atoms with Gasteiger partial charge in [0, 0.05) is 6.04 Å². The lowest BCUT2D eigenvalue weighted by Gasteiger charge is -2.47. The van der Waals surface area contributed by atoms with Crippen LogP contribution in [-0.4, -0.2) is 22.7 Å². The Kier molecular flexibility index (Phi) is 4.54. The summed E-state index contributed by atoms with van der Waals surface area (Å²) in [5.74, 6) is 0.587. The first-order valence-corrected chi connectivity index (χ1v) is 7.97. The molecular formula is C16H29NO2. The van der Waals surface area contributed by atoms with Gasteiger partial charge in [0.2, 0.25) is 0 Å². The number of aliphatic carboxylic acids is 1. The van der Waals surface area contributed by atoms with Crippen LogP contribution in [0.4, 0.5) is 0 Å². The fourth-order valence-electron chi connectivity index (χ4n) is 4.32. The van der Waals surface area contributed by atoms with Gasteiger partial charge < -0.3 is 5.11 Å². The third-order valence-electron chi connectivity index (χ3n) is 5.28. The molecule has 3 nitrogen and oxygen atoms in total. The monoisotopic (exact) mass is 267 g/mol. The maximum atomic E-state index is 12.1. The van der Waals surface area contributed by atoms with Gasteiger partial charge >= 0.3 is 5.97 Å². The summed E-state index contributed by atoms with van der Waals surface area (Å²) in [6, 6.07) is 0.419. The summed E-state index contributed by atoms with van der Waals surface area (Å²) in [4.78, 5) is 12.1. The van der Waals surface area contributed by atoms with Crippen molar-refractivity contribution < 1.29 is 9.90 Å². The SMILES string of the molecule is CC1CCC(C(C)C)C(NC2CCCC2)(C(=O)O)C1. The van der Waals surface area contributed by atoms with E-state index in [1.165, 1.54) is 19.3 Å². The number of hydrogen-bond acceptors (Lipinski definition) is 2. The van der Waals surface area contributed by atoms with Crippen molar-refractivity contribution >= 4 is 5.97 Å².